The molecule has 19 heavy (non-hydrogen) atoms. The van der Waals surface area contributed by atoms with Crippen LogP contribution in [0.15, 0.2) is 18.2 Å². The quantitative estimate of drug-likeness (QED) is 0.719. The molecule has 1 aromatic rings. The van der Waals surface area contributed by atoms with Crippen molar-refractivity contribution in [1.82, 2.24) is 5.32 Å². The summed E-state index contributed by atoms with van der Waals surface area (Å²) in [6, 6.07) is 4.73. The van der Waals surface area contributed by atoms with Crippen LogP contribution < -0.4 is 15.8 Å². The topological polar surface area (TPSA) is 84.6 Å². The molecule has 5 heteroatoms. The molecular formula is C14H20N2O3. The van der Waals surface area contributed by atoms with Gasteiger partial charge in [-0.2, -0.15) is 0 Å². The molecule has 0 unspecified atom stereocenters. The number of hydrogen-bond donors (Lipinski definition) is 3. The van der Waals surface area contributed by atoms with Gasteiger partial charge in [-0.15, -0.1) is 0 Å². The van der Waals surface area contributed by atoms with E-state index in [2.05, 4.69) is 5.32 Å². The van der Waals surface area contributed by atoms with Crippen LogP contribution in [0.3, 0.4) is 0 Å². The lowest BCUT2D eigenvalue weighted by Crippen LogP contribution is -2.45. The number of rotatable bonds is 3. The van der Waals surface area contributed by atoms with Crippen molar-refractivity contribution in [2.75, 3.05) is 12.8 Å². The third kappa shape index (κ3) is 3.38. The molecule has 1 aliphatic carbocycles. The number of hydrogen-bond acceptors (Lipinski definition) is 4. The summed E-state index contributed by atoms with van der Waals surface area (Å²) in [6.07, 6.45) is 3.14. The Morgan fingerprint density at radius 3 is 2.79 bits per heavy atom. The van der Waals surface area contributed by atoms with E-state index in [4.69, 9.17) is 10.5 Å². The number of ether oxygens (including phenoxy) is 1. The Bertz CT molecular complexity index is 462. The van der Waals surface area contributed by atoms with Crippen molar-refractivity contribution in [3.63, 3.8) is 0 Å². The van der Waals surface area contributed by atoms with Gasteiger partial charge in [0.2, 0.25) is 0 Å². The van der Waals surface area contributed by atoms with Crippen molar-refractivity contribution in [3.8, 4) is 5.75 Å². The van der Waals surface area contributed by atoms with E-state index >= 15 is 0 Å². The Balaban J connectivity index is 2.08. The predicted molar refractivity (Wildman–Crippen MR) is 73.1 cm³/mol. The molecular weight excluding hydrogens is 244 g/mol. The van der Waals surface area contributed by atoms with E-state index < -0.39 is 6.10 Å². The lowest BCUT2D eigenvalue weighted by Gasteiger charge is -2.28. The summed E-state index contributed by atoms with van der Waals surface area (Å²) in [6.45, 7) is 0. The van der Waals surface area contributed by atoms with Crippen LogP contribution in [-0.2, 0) is 0 Å². The molecule has 2 rings (SSSR count). The Morgan fingerprint density at radius 1 is 1.37 bits per heavy atom. The smallest absolute Gasteiger partial charge is 0.251 e. The summed E-state index contributed by atoms with van der Waals surface area (Å²) in [7, 11) is 1.53. The summed E-state index contributed by atoms with van der Waals surface area (Å²) >= 11 is 0. The minimum absolute atomic E-state index is 0.173. The number of aliphatic hydroxyl groups excluding tert-OH is 1. The molecule has 2 atom stereocenters. The summed E-state index contributed by atoms with van der Waals surface area (Å²) in [4.78, 5) is 12.1. The minimum Gasteiger partial charge on any atom is -0.497 e. The zero-order valence-electron chi connectivity index (χ0n) is 11.1. The van der Waals surface area contributed by atoms with Crippen LogP contribution in [-0.4, -0.2) is 30.3 Å². The number of aliphatic hydroxyl groups is 1. The van der Waals surface area contributed by atoms with Gasteiger partial charge in [0, 0.05) is 17.3 Å². The van der Waals surface area contributed by atoms with E-state index in [9.17, 15) is 9.90 Å². The first-order valence-corrected chi connectivity index (χ1v) is 6.53. The number of amides is 1. The summed E-state index contributed by atoms with van der Waals surface area (Å²) < 4.78 is 5.09. The maximum atomic E-state index is 12.1. The highest BCUT2D eigenvalue weighted by Gasteiger charge is 2.25. The molecule has 0 aromatic heterocycles. The van der Waals surface area contributed by atoms with Crippen LogP contribution in [0.1, 0.15) is 36.0 Å². The van der Waals surface area contributed by atoms with Gasteiger partial charge in [0.25, 0.3) is 5.91 Å². The van der Waals surface area contributed by atoms with Gasteiger partial charge in [0.15, 0.2) is 0 Å². The molecule has 0 spiro atoms. The lowest BCUT2D eigenvalue weighted by molar-refractivity contribution is 0.0717. The molecule has 0 bridgehead atoms. The maximum absolute atomic E-state index is 12.1. The first kappa shape index (κ1) is 13.7. The van der Waals surface area contributed by atoms with Gasteiger partial charge in [-0.25, -0.2) is 0 Å². The average molecular weight is 264 g/mol. The van der Waals surface area contributed by atoms with Gasteiger partial charge < -0.3 is 20.9 Å². The Morgan fingerprint density at radius 2 is 2.11 bits per heavy atom. The zero-order chi connectivity index (χ0) is 13.8. The van der Waals surface area contributed by atoms with Crippen molar-refractivity contribution in [1.29, 1.82) is 0 Å². The van der Waals surface area contributed by atoms with Crippen LogP contribution in [0.4, 0.5) is 5.69 Å². The molecule has 1 aromatic carbocycles. The predicted octanol–water partition coefficient (Wildman–Crippen LogP) is 1.31. The van der Waals surface area contributed by atoms with Crippen LogP contribution in [0.5, 0.6) is 5.75 Å². The number of carbonyl (C=O) groups is 1. The largest absolute Gasteiger partial charge is 0.497 e. The van der Waals surface area contributed by atoms with Gasteiger partial charge >= 0.3 is 0 Å². The van der Waals surface area contributed by atoms with Crippen molar-refractivity contribution < 1.29 is 14.6 Å². The summed E-state index contributed by atoms with van der Waals surface area (Å²) in [5.74, 6) is 0.325. The molecule has 1 amide bonds. The van der Waals surface area contributed by atoms with Crippen LogP contribution in [0.2, 0.25) is 0 Å². The SMILES string of the molecule is COc1cc(N)cc(C(=O)N[C@H]2CCCC[C@@H]2O)c1. The van der Waals surface area contributed by atoms with E-state index in [0.717, 1.165) is 25.7 Å². The van der Waals surface area contributed by atoms with Crippen LogP contribution in [0, 0.1) is 0 Å². The summed E-state index contributed by atoms with van der Waals surface area (Å²) in [5, 5.41) is 12.7. The fourth-order valence-electron chi connectivity index (χ4n) is 2.40. The van der Waals surface area contributed by atoms with Crippen molar-refractivity contribution in [2.24, 2.45) is 0 Å². The number of nitrogens with one attached hydrogen (secondary N) is 1. The fraction of sp³-hybridized carbons (Fsp3) is 0.500. The average Bonchev–Trinajstić information content (AvgIpc) is 2.40. The first-order valence-electron chi connectivity index (χ1n) is 6.53. The monoisotopic (exact) mass is 264 g/mol. The fourth-order valence-corrected chi connectivity index (χ4v) is 2.40. The third-order valence-electron chi connectivity index (χ3n) is 3.47. The molecule has 1 fully saturated rings. The van der Waals surface area contributed by atoms with E-state index in [1.165, 1.54) is 7.11 Å². The molecule has 5 nitrogen and oxygen atoms in total. The van der Waals surface area contributed by atoms with Crippen LogP contribution in [0.25, 0.3) is 0 Å². The van der Waals surface area contributed by atoms with E-state index in [-0.39, 0.29) is 11.9 Å². The second-order valence-corrected chi connectivity index (χ2v) is 4.93. The standard InChI is InChI=1S/C14H20N2O3/c1-19-11-7-9(6-10(15)8-11)14(18)16-12-4-2-3-5-13(12)17/h6-8,12-13,17H,2-5,15H2,1H3,(H,16,18)/t12-,13-/m0/s1. The molecule has 0 heterocycles. The van der Waals surface area contributed by atoms with E-state index in [0.29, 0.717) is 17.0 Å². The highest BCUT2D eigenvalue weighted by atomic mass is 16.5. The number of nitrogen functional groups attached to an aromatic ring is 1. The first-order chi connectivity index (χ1) is 9.10. The lowest BCUT2D eigenvalue weighted by atomic mass is 9.92. The Labute approximate surface area is 112 Å². The van der Waals surface area contributed by atoms with Crippen LogP contribution >= 0.6 is 0 Å². The number of benzene rings is 1. The molecule has 0 saturated heterocycles. The minimum atomic E-state index is -0.458. The molecule has 104 valence electrons. The second kappa shape index (κ2) is 5.93. The van der Waals surface area contributed by atoms with Crippen molar-refractivity contribution >= 4 is 11.6 Å². The van der Waals surface area contributed by atoms with Gasteiger partial charge in [0.05, 0.1) is 19.3 Å². The summed E-state index contributed by atoms with van der Waals surface area (Å²) in [5.41, 5.74) is 6.66. The number of carbonyl (C=O) groups excluding carboxylic acids is 1. The number of nitrogens with two attached hydrogens (primary N) is 1. The molecule has 0 aliphatic heterocycles. The molecule has 4 N–H and O–H groups in total. The van der Waals surface area contributed by atoms with Gasteiger partial charge in [-0.05, 0) is 25.0 Å². The highest BCUT2D eigenvalue weighted by molar-refractivity contribution is 5.95. The number of anilines is 1. The van der Waals surface area contributed by atoms with E-state index in [1.807, 2.05) is 0 Å². The zero-order valence-corrected chi connectivity index (χ0v) is 11.1. The normalized spacial score (nSPS) is 22.8. The Hall–Kier alpha value is -1.75. The second-order valence-electron chi connectivity index (χ2n) is 4.93. The molecule has 0 radical (unpaired) electrons. The third-order valence-corrected chi connectivity index (χ3v) is 3.47. The van der Waals surface area contributed by atoms with Crippen molar-refractivity contribution in [2.45, 2.75) is 37.8 Å². The number of methoxy groups -OCH3 is 1. The van der Waals surface area contributed by atoms with Gasteiger partial charge in [0.1, 0.15) is 5.75 Å². The van der Waals surface area contributed by atoms with Gasteiger partial charge in [-0.1, -0.05) is 12.8 Å². The highest BCUT2D eigenvalue weighted by Crippen LogP contribution is 2.21. The van der Waals surface area contributed by atoms with Crippen molar-refractivity contribution in [3.05, 3.63) is 23.8 Å². The van der Waals surface area contributed by atoms with E-state index in [1.54, 1.807) is 18.2 Å². The van der Waals surface area contributed by atoms with Gasteiger partial charge in [-0.3, -0.25) is 4.79 Å². The Kier molecular flexibility index (Phi) is 4.27. The molecule has 1 aliphatic rings. The maximum Gasteiger partial charge on any atom is 0.251 e. The molecule has 1 saturated carbocycles.